The van der Waals surface area contributed by atoms with Gasteiger partial charge in [0.2, 0.25) is 0 Å². The van der Waals surface area contributed by atoms with Crippen LogP contribution in [0.4, 0.5) is 43.9 Å². The molecule has 0 spiro atoms. The second-order valence-electron chi connectivity index (χ2n) is 28.8. The lowest BCUT2D eigenvalue weighted by molar-refractivity contribution is -0.0505. The van der Waals surface area contributed by atoms with Crippen LogP contribution in [0.2, 0.25) is 0 Å². The zero-order chi connectivity index (χ0) is 91.2. The third kappa shape index (κ3) is 20.8. The number of ether oxygens (including phenoxy) is 3. The number of sulfone groups is 1. The number of hydrogen-bond donors (Lipinski definition) is 2. The number of pyridine rings is 4. The van der Waals surface area contributed by atoms with E-state index in [1.807, 2.05) is 0 Å². The summed E-state index contributed by atoms with van der Waals surface area (Å²) in [7, 11) is -3.18. The number of nitrogens with one attached hydrogen (secondary N) is 1. The second kappa shape index (κ2) is 38.1. The number of alkyl halides is 6. The lowest BCUT2D eigenvalue weighted by Gasteiger charge is -2.20. The van der Waals surface area contributed by atoms with Crippen molar-refractivity contribution in [1.82, 2.24) is 74.0 Å². The molecule has 2 N–H and O–H groups in total. The number of H-pyrrole nitrogens is 1. The van der Waals surface area contributed by atoms with Crippen molar-refractivity contribution in [1.29, 1.82) is 0 Å². The molecule has 0 unspecified atom stereocenters. The minimum atomic E-state index is -3.18. The van der Waals surface area contributed by atoms with Gasteiger partial charge in [0.05, 0.1) is 56.9 Å². The SMILES string of the molecule is CC(=O)c1cnc2c(-c3cccc(OC(F)F)c3)nn(-c3ccc(F)cc3)c2c1.CC(=O)c1cnc2c(Br)[nH]nc2c1.CC(=O)c1cnc2c(Br)nn(-c3ccc(F)cc3)c2c1.C[C@]1(CC(=O)c2cnc3c(-c4cccc(OC(F)F)c4)cn(-c4ccc(F)cc4)c3n2)CCS(=O)(=O)C1.O=C(O)c1cnc2c(-c3cccc(OC(F)F)c3)nn(-c3ccc(F)cc3)c2c1. The first kappa shape index (κ1) is 89.7. The van der Waals surface area contributed by atoms with E-state index in [1.54, 1.807) is 101 Å². The van der Waals surface area contributed by atoms with E-state index in [1.165, 1.54) is 176 Å². The maximum Gasteiger partial charge on any atom is 0.387 e. The van der Waals surface area contributed by atoms with Crippen LogP contribution in [0.15, 0.2) is 241 Å². The van der Waals surface area contributed by atoms with Crippen molar-refractivity contribution in [2.45, 2.75) is 60.4 Å². The van der Waals surface area contributed by atoms with E-state index in [0.29, 0.717) is 134 Å². The maximum atomic E-state index is 13.6. The Morgan fingerprint density at radius 3 is 1.31 bits per heavy atom. The van der Waals surface area contributed by atoms with E-state index < -0.39 is 58.5 Å². The highest BCUT2D eigenvalue weighted by molar-refractivity contribution is 9.10. The molecule has 1 atom stereocenters. The zero-order valence-electron chi connectivity index (χ0n) is 66.7. The molecule has 0 aliphatic carbocycles. The molecule has 10 aromatic heterocycles. The largest absolute Gasteiger partial charge is 0.478 e. The maximum absolute atomic E-state index is 13.6. The van der Waals surface area contributed by atoms with Gasteiger partial charge in [0, 0.05) is 76.5 Å². The molecule has 0 saturated carbocycles. The smallest absolute Gasteiger partial charge is 0.387 e. The van der Waals surface area contributed by atoms with Crippen molar-refractivity contribution < 1.29 is 95.6 Å². The molecule has 1 saturated heterocycles. The van der Waals surface area contributed by atoms with Gasteiger partial charge in [-0.25, -0.2) is 54.8 Å². The molecular formula is C89H63Br2F10N15O11S. The van der Waals surface area contributed by atoms with Crippen molar-refractivity contribution in [2.75, 3.05) is 11.5 Å². The van der Waals surface area contributed by atoms with Crippen LogP contribution in [0.5, 0.6) is 17.2 Å². The summed E-state index contributed by atoms with van der Waals surface area (Å²) < 4.78 is 174. The lowest BCUT2D eigenvalue weighted by atomic mass is 9.84. The number of rotatable bonds is 20. The van der Waals surface area contributed by atoms with Gasteiger partial charge >= 0.3 is 25.8 Å². The summed E-state index contributed by atoms with van der Waals surface area (Å²) in [4.78, 5) is 84.7. The van der Waals surface area contributed by atoms with E-state index in [0.717, 1.165) is 10.1 Å². The van der Waals surface area contributed by atoms with Gasteiger partial charge in [-0.1, -0.05) is 43.3 Å². The van der Waals surface area contributed by atoms with E-state index in [-0.39, 0.29) is 75.4 Å². The van der Waals surface area contributed by atoms with Gasteiger partial charge in [0.15, 0.2) is 43.2 Å². The van der Waals surface area contributed by atoms with Gasteiger partial charge in [-0.2, -0.15) is 46.7 Å². The average Bonchev–Trinajstić information content (AvgIpc) is 1.63. The topological polar surface area (TPSA) is 332 Å². The summed E-state index contributed by atoms with van der Waals surface area (Å²) in [6.45, 7) is -2.73. The van der Waals surface area contributed by atoms with Gasteiger partial charge < -0.3 is 19.3 Å². The molecule has 26 nitrogen and oxygen atoms in total. The standard InChI is InChI=1S/C26H22F3N3O4S.C21H14F3N3O2.C20H12F3N3O3.C14H9BrFN3O.C8H6BrN3O/c1-26(9-10-37(34,35)15-26)12-22(33)21-13-30-23-20(16-3-2-4-19(11-16)36-25(28)29)14-32(24(23)31-21)18-7-5-17(27)6-8-18;1-12(28)14-10-18-20(25-11-14)19(13-3-2-4-17(9-13)29-21(23)24)26-27(18)16-7-5-15(22)6-8-16;21-13-4-6-14(7-5-13)26-16-9-12(19(27)28)10-24-18(16)17(25-26)11-2-1-3-15(8-11)29-20(22)23;1-8(20)9-6-12-13(17-7-9)14(15)18-19(12)11-4-2-10(16)3-5-11;1-4(13)5-2-6-7(10-3-5)8(9)12-11-6/h2-8,11,13-14,25H,9-10,12,15H2,1H3;2-11,21H,1H3;1-10,20H,(H,27,28);2-7H,1H3;2-3H,1H3,(H,11,12)/t26-;;;;/m1..../s1. The third-order valence-electron chi connectivity index (χ3n) is 19.6. The molecule has 1 aliphatic rings. The van der Waals surface area contributed by atoms with E-state index >= 15 is 0 Å². The van der Waals surface area contributed by atoms with Gasteiger partial charge in [0.25, 0.3) is 0 Å². The molecule has 128 heavy (non-hydrogen) atoms. The Kier molecular flexibility index (Phi) is 26.7. The predicted molar refractivity (Wildman–Crippen MR) is 458 cm³/mol. The van der Waals surface area contributed by atoms with Crippen LogP contribution in [0.3, 0.4) is 0 Å². The number of aromatic carboxylic acids is 1. The van der Waals surface area contributed by atoms with Crippen molar-refractivity contribution in [2.24, 2.45) is 5.41 Å². The predicted octanol–water partition coefficient (Wildman–Crippen LogP) is 20.2. The Bertz CT molecular complexity index is 7040. The summed E-state index contributed by atoms with van der Waals surface area (Å²) in [5, 5.41) is 29.4. The Labute approximate surface area is 734 Å². The monoisotopic (exact) mass is 1900 g/mol. The van der Waals surface area contributed by atoms with Crippen LogP contribution in [-0.2, 0) is 9.84 Å². The van der Waals surface area contributed by atoms with Crippen LogP contribution >= 0.6 is 31.9 Å². The van der Waals surface area contributed by atoms with Crippen LogP contribution in [0.1, 0.15) is 92.5 Å². The average molecular weight is 1900 g/mol. The normalized spacial score (nSPS) is 13.3. The molecule has 1 aliphatic heterocycles. The van der Waals surface area contributed by atoms with E-state index in [4.69, 9.17) is 0 Å². The van der Waals surface area contributed by atoms with Gasteiger partial charge in [0.1, 0.15) is 95.3 Å². The number of nitrogens with zero attached hydrogens (tertiary/aromatic N) is 14. The Morgan fingerprint density at radius 2 is 0.875 bits per heavy atom. The highest BCUT2D eigenvalue weighted by Crippen LogP contribution is 2.40. The molecule has 17 aromatic rings. The van der Waals surface area contributed by atoms with Crippen molar-refractivity contribution in [3.63, 3.8) is 0 Å². The molecule has 11 heterocycles. The van der Waals surface area contributed by atoms with Gasteiger partial charge in [-0.3, -0.25) is 48.8 Å². The summed E-state index contributed by atoms with van der Waals surface area (Å²) in [6.07, 6.45) is 9.09. The van der Waals surface area contributed by atoms with Crippen molar-refractivity contribution >= 4 is 126 Å². The fraction of sp³-hybridized carbons (Fsp3) is 0.135. The molecule has 0 amide bonds. The lowest BCUT2D eigenvalue weighted by Crippen LogP contribution is -2.23. The molecule has 1 fully saturated rings. The summed E-state index contributed by atoms with van der Waals surface area (Å²) in [5.41, 5.74) is 11.1. The number of fused-ring (bicyclic) bond motifs is 5. The number of aromatic nitrogens is 15. The van der Waals surface area contributed by atoms with Crippen LogP contribution < -0.4 is 14.2 Å². The minimum absolute atomic E-state index is 0.00351. The molecule has 7 aromatic carbocycles. The molecule has 650 valence electrons. The van der Waals surface area contributed by atoms with Gasteiger partial charge in [-0.05, 0) is 228 Å². The molecular weight excluding hydrogens is 1840 g/mol. The summed E-state index contributed by atoms with van der Waals surface area (Å²) >= 11 is 6.60. The number of benzene rings is 7. The number of carboxylic acids is 1. The Balaban J connectivity index is 0.000000134. The molecule has 39 heteroatoms. The number of carboxylic acid groups (broad SMARTS) is 1. The Morgan fingerprint density at radius 1 is 0.484 bits per heavy atom. The quantitative estimate of drug-likeness (QED) is 0.0529. The first-order chi connectivity index (χ1) is 61.1. The molecule has 0 bridgehead atoms. The molecule has 0 radical (unpaired) electrons. The fourth-order valence-corrected chi connectivity index (χ4v) is 16.7. The van der Waals surface area contributed by atoms with Crippen LogP contribution in [0, 0.1) is 28.7 Å². The fourth-order valence-electron chi connectivity index (χ4n) is 13.6. The van der Waals surface area contributed by atoms with Crippen LogP contribution in [0.25, 0.3) is 112 Å². The molecule has 18 rings (SSSR count). The number of carbonyl (C=O) groups excluding carboxylic acids is 4. The number of Topliss-reactive ketones (excluding diaryl/α,β-unsaturated/α-hetero) is 4. The van der Waals surface area contributed by atoms with E-state index in [2.05, 4.69) is 101 Å². The second-order valence-corrected chi connectivity index (χ2v) is 32.5. The number of halogens is 12. The Hall–Kier alpha value is -14.6. The zero-order valence-corrected chi connectivity index (χ0v) is 70.7. The third-order valence-corrected chi connectivity index (χ3v) is 22.7. The number of hydrogen-bond acceptors (Lipinski definition) is 20. The van der Waals surface area contributed by atoms with Crippen molar-refractivity contribution in [3.8, 4) is 73.6 Å². The first-order valence-corrected chi connectivity index (χ1v) is 41.4. The van der Waals surface area contributed by atoms with Gasteiger partial charge in [-0.15, -0.1) is 0 Å². The van der Waals surface area contributed by atoms with Crippen molar-refractivity contribution in [3.05, 3.63) is 292 Å². The van der Waals surface area contributed by atoms with Crippen LogP contribution in [-0.4, -0.2) is 148 Å². The highest BCUT2D eigenvalue weighted by atomic mass is 79.9. The first-order valence-electron chi connectivity index (χ1n) is 38.0. The minimum Gasteiger partial charge on any atom is -0.478 e. The summed E-state index contributed by atoms with van der Waals surface area (Å²) in [5.74, 6) is -3.43. The number of carbonyl (C=O) groups is 5. The highest BCUT2D eigenvalue weighted by Gasteiger charge is 2.40. The summed E-state index contributed by atoms with van der Waals surface area (Å²) in [6, 6.07) is 47.3. The number of ketones is 4. The van der Waals surface area contributed by atoms with E-state index in [9.17, 15) is 81.4 Å². The number of aromatic amines is 1.